The summed E-state index contributed by atoms with van der Waals surface area (Å²) in [6, 6.07) is 1.41. The van der Waals surface area contributed by atoms with Crippen molar-refractivity contribution >= 4 is 10.0 Å². The molecule has 0 amide bonds. The van der Waals surface area contributed by atoms with Crippen molar-refractivity contribution in [2.45, 2.75) is 24.3 Å². The quantitative estimate of drug-likeness (QED) is 0.584. The molecule has 1 aromatic rings. The highest BCUT2D eigenvalue weighted by Crippen LogP contribution is 2.10. The highest BCUT2D eigenvalue weighted by atomic mass is 32.2. The summed E-state index contributed by atoms with van der Waals surface area (Å²) in [6.45, 7) is 0.801. The third-order valence-electron chi connectivity index (χ3n) is 2.26. The molecule has 0 aliphatic heterocycles. The van der Waals surface area contributed by atoms with Crippen molar-refractivity contribution in [2.24, 2.45) is 0 Å². The van der Waals surface area contributed by atoms with Crippen molar-refractivity contribution < 1.29 is 18.3 Å². The van der Waals surface area contributed by atoms with Crippen molar-refractivity contribution in [3.63, 3.8) is 0 Å². The number of unbranched alkanes of at least 4 members (excludes halogenated alkanes) is 1. The molecular weight excluding hydrogens is 244 g/mol. The van der Waals surface area contributed by atoms with Crippen LogP contribution in [0.25, 0.3) is 0 Å². The van der Waals surface area contributed by atoms with Crippen molar-refractivity contribution in [1.82, 2.24) is 9.71 Å². The molecule has 1 rings (SSSR count). The zero-order valence-electron chi connectivity index (χ0n) is 9.77. The van der Waals surface area contributed by atoms with E-state index in [0.717, 1.165) is 12.8 Å². The van der Waals surface area contributed by atoms with Crippen LogP contribution in [0.5, 0.6) is 0 Å². The summed E-state index contributed by atoms with van der Waals surface area (Å²) >= 11 is 0. The predicted octanol–water partition coefficient (Wildman–Crippen LogP) is 0.212. The number of aromatic amines is 1. The maximum atomic E-state index is 11.8. The van der Waals surface area contributed by atoms with Gasteiger partial charge in [-0.25, -0.2) is 13.1 Å². The van der Waals surface area contributed by atoms with Crippen LogP contribution in [0.4, 0.5) is 0 Å². The molecule has 1 heterocycles. The van der Waals surface area contributed by atoms with Crippen LogP contribution in [0.1, 0.15) is 18.5 Å². The van der Waals surface area contributed by atoms with Gasteiger partial charge in [0.15, 0.2) is 0 Å². The molecule has 0 aliphatic rings. The Bertz CT molecular complexity index is 427. The molecule has 98 valence electrons. The summed E-state index contributed by atoms with van der Waals surface area (Å²) in [5, 5.41) is 8.83. The first-order valence-electron chi connectivity index (χ1n) is 5.37. The van der Waals surface area contributed by atoms with Crippen LogP contribution >= 0.6 is 0 Å². The predicted molar refractivity (Wildman–Crippen MR) is 63.0 cm³/mol. The fraction of sp³-hybridized carbons (Fsp3) is 0.600. The second kappa shape index (κ2) is 6.75. The topological polar surface area (TPSA) is 91.4 Å². The van der Waals surface area contributed by atoms with E-state index in [-0.39, 0.29) is 11.5 Å². The van der Waals surface area contributed by atoms with E-state index in [2.05, 4.69) is 9.71 Å². The summed E-state index contributed by atoms with van der Waals surface area (Å²) in [7, 11) is -1.86. The van der Waals surface area contributed by atoms with E-state index in [1.54, 1.807) is 7.11 Å². The molecule has 6 nitrogen and oxygen atoms in total. The van der Waals surface area contributed by atoms with Gasteiger partial charge in [0.25, 0.3) is 0 Å². The average Bonchev–Trinajstić information content (AvgIpc) is 2.78. The lowest BCUT2D eigenvalue weighted by Crippen LogP contribution is -2.24. The molecule has 0 aromatic carbocycles. The number of methoxy groups -OCH3 is 1. The van der Waals surface area contributed by atoms with Gasteiger partial charge < -0.3 is 14.8 Å². The Kier molecular flexibility index (Phi) is 5.63. The van der Waals surface area contributed by atoms with Crippen LogP contribution in [0.2, 0.25) is 0 Å². The molecule has 0 radical (unpaired) electrons. The third kappa shape index (κ3) is 4.47. The van der Waals surface area contributed by atoms with Gasteiger partial charge in [-0.1, -0.05) is 0 Å². The van der Waals surface area contributed by atoms with Crippen LogP contribution in [-0.4, -0.2) is 38.8 Å². The summed E-state index contributed by atoms with van der Waals surface area (Å²) in [5.41, 5.74) is 0.477. The van der Waals surface area contributed by atoms with Crippen LogP contribution in [0.15, 0.2) is 17.2 Å². The Balaban J connectivity index is 2.45. The van der Waals surface area contributed by atoms with Gasteiger partial charge in [-0.3, -0.25) is 0 Å². The molecule has 0 saturated carbocycles. The van der Waals surface area contributed by atoms with E-state index in [0.29, 0.717) is 18.8 Å². The van der Waals surface area contributed by atoms with Crippen LogP contribution < -0.4 is 4.72 Å². The first-order valence-corrected chi connectivity index (χ1v) is 6.85. The average molecular weight is 262 g/mol. The van der Waals surface area contributed by atoms with Gasteiger partial charge in [0.1, 0.15) is 0 Å². The van der Waals surface area contributed by atoms with Gasteiger partial charge in [0.05, 0.1) is 11.5 Å². The molecule has 0 unspecified atom stereocenters. The van der Waals surface area contributed by atoms with E-state index in [1.807, 2.05) is 0 Å². The van der Waals surface area contributed by atoms with E-state index < -0.39 is 10.0 Å². The minimum atomic E-state index is -3.47. The number of hydrogen-bond donors (Lipinski definition) is 3. The van der Waals surface area contributed by atoms with Crippen LogP contribution in [-0.2, 0) is 21.4 Å². The van der Waals surface area contributed by atoms with Crippen LogP contribution in [0, 0.1) is 0 Å². The van der Waals surface area contributed by atoms with Crippen molar-refractivity contribution in [3.05, 3.63) is 18.0 Å². The Hall–Kier alpha value is -0.890. The number of aliphatic hydroxyl groups is 1. The molecule has 17 heavy (non-hydrogen) atoms. The highest BCUT2D eigenvalue weighted by molar-refractivity contribution is 7.89. The molecule has 0 spiro atoms. The molecule has 0 aliphatic carbocycles. The minimum absolute atomic E-state index is 0.147. The SMILES string of the molecule is COCCCCNS(=O)(=O)c1c[nH]c(CO)c1. The molecule has 1 aromatic heterocycles. The summed E-state index contributed by atoms with van der Waals surface area (Å²) in [6.07, 6.45) is 2.90. The number of hydrogen-bond acceptors (Lipinski definition) is 4. The van der Waals surface area contributed by atoms with Gasteiger partial charge in [-0.2, -0.15) is 0 Å². The van der Waals surface area contributed by atoms with Gasteiger partial charge in [-0.05, 0) is 18.9 Å². The van der Waals surface area contributed by atoms with Gasteiger partial charge in [0.2, 0.25) is 10.0 Å². The number of aromatic nitrogens is 1. The Labute approximate surface area is 101 Å². The highest BCUT2D eigenvalue weighted by Gasteiger charge is 2.14. The lowest BCUT2D eigenvalue weighted by Gasteiger charge is -2.04. The Morgan fingerprint density at radius 2 is 2.24 bits per heavy atom. The normalized spacial score (nSPS) is 11.9. The molecule has 0 atom stereocenters. The maximum absolute atomic E-state index is 11.8. The largest absolute Gasteiger partial charge is 0.390 e. The van der Waals surface area contributed by atoms with E-state index in [9.17, 15) is 8.42 Å². The third-order valence-corrected chi connectivity index (χ3v) is 3.70. The lowest BCUT2D eigenvalue weighted by molar-refractivity contribution is 0.193. The van der Waals surface area contributed by atoms with Crippen molar-refractivity contribution in [1.29, 1.82) is 0 Å². The molecular formula is C10H18N2O4S. The number of aliphatic hydroxyl groups excluding tert-OH is 1. The number of nitrogens with one attached hydrogen (secondary N) is 2. The first kappa shape index (κ1) is 14.2. The number of sulfonamides is 1. The van der Waals surface area contributed by atoms with Gasteiger partial charge >= 0.3 is 0 Å². The fourth-order valence-corrected chi connectivity index (χ4v) is 2.42. The Morgan fingerprint density at radius 1 is 1.47 bits per heavy atom. The second-order valence-corrected chi connectivity index (χ2v) is 5.38. The van der Waals surface area contributed by atoms with Gasteiger partial charge in [0, 0.05) is 32.2 Å². The molecule has 0 fully saturated rings. The molecule has 3 N–H and O–H groups in total. The second-order valence-electron chi connectivity index (χ2n) is 3.62. The molecule has 0 saturated heterocycles. The van der Waals surface area contributed by atoms with Gasteiger partial charge in [-0.15, -0.1) is 0 Å². The van der Waals surface area contributed by atoms with E-state index in [1.165, 1.54) is 12.3 Å². The number of H-pyrrole nitrogens is 1. The molecule has 7 heteroatoms. The van der Waals surface area contributed by atoms with Crippen LogP contribution in [0.3, 0.4) is 0 Å². The summed E-state index contributed by atoms with van der Waals surface area (Å²) in [4.78, 5) is 2.83. The smallest absolute Gasteiger partial charge is 0.242 e. The number of rotatable bonds is 8. The zero-order chi connectivity index (χ0) is 12.7. The summed E-state index contributed by atoms with van der Waals surface area (Å²) < 4.78 is 30.9. The minimum Gasteiger partial charge on any atom is -0.390 e. The zero-order valence-corrected chi connectivity index (χ0v) is 10.6. The monoisotopic (exact) mass is 262 g/mol. The summed E-state index contributed by atoms with van der Waals surface area (Å²) in [5.74, 6) is 0. The van der Waals surface area contributed by atoms with E-state index >= 15 is 0 Å². The standard InChI is InChI=1S/C10H18N2O4S/c1-16-5-3-2-4-12-17(14,15)10-6-9(8-13)11-7-10/h6-7,11-13H,2-5,8H2,1H3. The Morgan fingerprint density at radius 3 is 2.82 bits per heavy atom. The maximum Gasteiger partial charge on any atom is 0.242 e. The number of ether oxygens (including phenoxy) is 1. The van der Waals surface area contributed by atoms with E-state index in [4.69, 9.17) is 9.84 Å². The van der Waals surface area contributed by atoms with Crippen molar-refractivity contribution in [2.75, 3.05) is 20.3 Å². The lowest BCUT2D eigenvalue weighted by atomic mass is 10.3. The fourth-order valence-electron chi connectivity index (χ4n) is 1.33. The van der Waals surface area contributed by atoms with Crippen molar-refractivity contribution in [3.8, 4) is 0 Å². The first-order chi connectivity index (χ1) is 8.10. The molecule has 0 bridgehead atoms.